The van der Waals surface area contributed by atoms with Crippen LogP contribution in [0.4, 0.5) is 13.2 Å². The van der Waals surface area contributed by atoms with Gasteiger partial charge in [-0.3, -0.25) is 4.98 Å². The molecule has 0 saturated carbocycles. The van der Waals surface area contributed by atoms with Crippen molar-refractivity contribution in [1.82, 2.24) is 20.6 Å². The lowest BCUT2D eigenvalue weighted by molar-refractivity contribution is -0.139. The molecule has 0 bridgehead atoms. The van der Waals surface area contributed by atoms with E-state index < -0.39 is 35.9 Å². The molecule has 0 unspecified atom stereocenters. The van der Waals surface area contributed by atoms with E-state index in [0.29, 0.717) is 42.4 Å². The quantitative estimate of drug-likeness (QED) is 0.117. The molecule has 0 saturated heterocycles. The third-order valence-electron chi connectivity index (χ3n) is 8.25. The molecule has 0 spiro atoms. The van der Waals surface area contributed by atoms with E-state index in [-0.39, 0.29) is 24.5 Å². The minimum Gasteiger partial charge on any atom is -0.496 e. The number of halogens is 4. The number of nitrogens with zero attached hydrogens (tertiary/aromatic N) is 2. The molecule has 0 radical (unpaired) electrons. The van der Waals surface area contributed by atoms with Crippen LogP contribution < -0.4 is 24.8 Å². The summed E-state index contributed by atoms with van der Waals surface area (Å²) in [5, 5.41) is 25.6. The van der Waals surface area contributed by atoms with Crippen LogP contribution in [0, 0.1) is 0 Å². The van der Waals surface area contributed by atoms with E-state index >= 15 is 0 Å². The second-order valence-electron chi connectivity index (χ2n) is 12.0. The Labute approximate surface area is 288 Å². The van der Waals surface area contributed by atoms with Crippen molar-refractivity contribution in [2.24, 2.45) is 0 Å². The zero-order chi connectivity index (χ0) is 35.3. The van der Waals surface area contributed by atoms with Gasteiger partial charge in [0.15, 0.2) is 0 Å². The first kappa shape index (κ1) is 36.3. The van der Waals surface area contributed by atoms with E-state index in [2.05, 4.69) is 20.6 Å². The number of alkyl halides is 3. The summed E-state index contributed by atoms with van der Waals surface area (Å²) < 4.78 is 59.9. The van der Waals surface area contributed by atoms with Crippen LogP contribution in [0.5, 0.6) is 17.5 Å². The molecule has 13 heteroatoms. The van der Waals surface area contributed by atoms with Gasteiger partial charge in [-0.2, -0.15) is 18.2 Å². The smallest absolute Gasteiger partial charge is 0.421 e. The van der Waals surface area contributed by atoms with Gasteiger partial charge in [-0.05, 0) is 61.6 Å². The number of hydrogen-bond acceptors (Lipinski definition) is 9. The highest BCUT2D eigenvalue weighted by Crippen LogP contribution is 2.45. The Balaban J connectivity index is 1.45. The van der Waals surface area contributed by atoms with Gasteiger partial charge in [0.25, 0.3) is 0 Å². The first-order valence-corrected chi connectivity index (χ1v) is 16.3. The predicted molar refractivity (Wildman–Crippen MR) is 181 cm³/mol. The van der Waals surface area contributed by atoms with Gasteiger partial charge in [-0.25, -0.2) is 0 Å². The molecule has 1 aliphatic rings. The molecule has 2 aromatic carbocycles. The first-order chi connectivity index (χ1) is 23.4. The molecule has 5 rings (SSSR count). The number of pyridine rings is 2. The lowest BCUT2D eigenvalue weighted by Crippen LogP contribution is -2.24. The van der Waals surface area contributed by atoms with Crippen LogP contribution in [-0.2, 0) is 25.7 Å². The molecule has 9 nitrogen and oxygen atoms in total. The number of fused-ring (bicyclic) bond motifs is 1. The summed E-state index contributed by atoms with van der Waals surface area (Å²) in [6.07, 6.45) is -3.91. The predicted octanol–water partition coefficient (Wildman–Crippen LogP) is 6.51. The number of aliphatic hydroxyl groups is 2. The number of methoxy groups -OCH3 is 2. The van der Waals surface area contributed by atoms with Crippen molar-refractivity contribution in [2.45, 2.75) is 64.3 Å². The summed E-state index contributed by atoms with van der Waals surface area (Å²) >= 11 is 7.03. The van der Waals surface area contributed by atoms with E-state index in [0.717, 1.165) is 39.4 Å². The molecule has 0 fully saturated rings. The van der Waals surface area contributed by atoms with Crippen molar-refractivity contribution in [3.05, 3.63) is 87.6 Å². The van der Waals surface area contributed by atoms with Crippen molar-refractivity contribution in [3.8, 4) is 39.9 Å². The highest BCUT2D eigenvalue weighted by molar-refractivity contribution is 6.35. The molecule has 0 amide bonds. The molecule has 4 N–H and O–H groups in total. The van der Waals surface area contributed by atoms with Gasteiger partial charge in [0.1, 0.15) is 17.4 Å². The summed E-state index contributed by atoms with van der Waals surface area (Å²) in [7, 11) is 2.92. The number of rotatable bonds is 14. The molecule has 3 atom stereocenters. The zero-order valence-corrected chi connectivity index (χ0v) is 28.5. The van der Waals surface area contributed by atoms with Crippen LogP contribution in [0.25, 0.3) is 22.4 Å². The van der Waals surface area contributed by atoms with Gasteiger partial charge in [0.05, 0.1) is 37.1 Å². The second kappa shape index (κ2) is 15.7. The van der Waals surface area contributed by atoms with Crippen LogP contribution in [0.15, 0.2) is 54.7 Å². The average Bonchev–Trinajstić information content (AvgIpc) is 3.47. The normalized spacial score (nSPS) is 15.5. The van der Waals surface area contributed by atoms with E-state index in [1.54, 1.807) is 27.2 Å². The Kier molecular flexibility index (Phi) is 11.7. The van der Waals surface area contributed by atoms with Gasteiger partial charge in [-0.15, -0.1) is 0 Å². The largest absolute Gasteiger partial charge is 0.496 e. The number of aliphatic hydroxyl groups excluding tert-OH is 2. The van der Waals surface area contributed by atoms with Gasteiger partial charge >= 0.3 is 6.18 Å². The second-order valence-corrected chi connectivity index (χ2v) is 12.4. The lowest BCUT2D eigenvalue weighted by atomic mass is 9.95. The third kappa shape index (κ3) is 8.45. The van der Waals surface area contributed by atoms with E-state index in [4.69, 9.17) is 25.8 Å². The molecular formula is C36H40ClF3N4O5. The number of benzene rings is 2. The molecular weight excluding hydrogens is 661 g/mol. The summed E-state index contributed by atoms with van der Waals surface area (Å²) in [4.78, 5) is 8.72. The Hall–Kier alpha value is -3.94. The average molecular weight is 701 g/mol. The number of ether oxygens (including phenoxy) is 3. The number of aromatic nitrogens is 2. The summed E-state index contributed by atoms with van der Waals surface area (Å²) in [6, 6.07) is 14.1. The molecule has 49 heavy (non-hydrogen) atoms. The van der Waals surface area contributed by atoms with Crippen LogP contribution >= 0.6 is 11.6 Å². The maximum Gasteiger partial charge on any atom is 0.421 e. The molecule has 2 aromatic heterocycles. The van der Waals surface area contributed by atoms with Crippen molar-refractivity contribution < 1.29 is 37.6 Å². The SMILES string of the molecule is COc1cc(-c2nccc(-c3cccc4c3CC[C@@H]4Oc3nc(OC)c(CNC[C@H](C)O)cc3C(F)(F)F)c2Cl)ccc1CNC[C@H](C)O. The molecule has 262 valence electrons. The van der Waals surface area contributed by atoms with Crippen molar-refractivity contribution in [3.63, 3.8) is 0 Å². The van der Waals surface area contributed by atoms with Crippen LogP contribution in [0.3, 0.4) is 0 Å². The lowest BCUT2D eigenvalue weighted by Gasteiger charge is -2.21. The molecule has 2 heterocycles. The number of hydrogen-bond donors (Lipinski definition) is 4. The fourth-order valence-corrected chi connectivity index (χ4v) is 6.29. The Bertz CT molecular complexity index is 1770. The first-order valence-electron chi connectivity index (χ1n) is 15.9. The van der Waals surface area contributed by atoms with Crippen LogP contribution in [-0.4, -0.2) is 59.7 Å². The van der Waals surface area contributed by atoms with Crippen LogP contribution in [0.1, 0.15) is 54.2 Å². The highest BCUT2D eigenvalue weighted by atomic mass is 35.5. The summed E-state index contributed by atoms with van der Waals surface area (Å²) in [6.45, 7) is 4.44. The molecule has 4 aromatic rings. The third-order valence-corrected chi connectivity index (χ3v) is 8.63. The summed E-state index contributed by atoms with van der Waals surface area (Å²) in [5.41, 5.74) is 4.64. The van der Waals surface area contributed by atoms with E-state index in [9.17, 15) is 23.4 Å². The summed E-state index contributed by atoms with van der Waals surface area (Å²) in [5.74, 6) is 0.0893. The fourth-order valence-electron chi connectivity index (χ4n) is 5.97. The standard InChI is InChI=1S/C36H40ClF3N4O5/c1-20(45)16-41-18-23-9-8-22(15-31(23)47-3)33-32(37)28(12-13-43-33)25-6-5-7-27-26(25)10-11-30(27)49-35-29(36(38,39)40)14-24(34(44-35)48-4)19-42-17-21(2)46/h5-9,12-15,20-21,30,41-42,45-46H,10-11,16-19H2,1-4H3/t20-,21-,30-/m0/s1. The maximum absolute atomic E-state index is 14.3. The Morgan fingerprint density at radius 3 is 2.29 bits per heavy atom. The Morgan fingerprint density at radius 1 is 0.918 bits per heavy atom. The minimum absolute atomic E-state index is 0.00449. The van der Waals surface area contributed by atoms with Gasteiger partial charge in [0, 0.05) is 54.6 Å². The van der Waals surface area contributed by atoms with E-state index in [1.807, 2.05) is 42.5 Å². The van der Waals surface area contributed by atoms with Gasteiger partial charge < -0.3 is 35.1 Å². The van der Waals surface area contributed by atoms with Gasteiger partial charge in [0.2, 0.25) is 11.8 Å². The fraction of sp³-hybridized carbons (Fsp3) is 0.389. The number of nitrogens with one attached hydrogen (secondary N) is 2. The van der Waals surface area contributed by atoms with Crippen molar-refractivity contribution in [2.75, 3.05) is 27.3 Å². The highest BCUT2D eigenvalue weighted by Gasteiger charge is 2.38. The van der Waals surface area contributed by atoms with Crippen LogP contribution in [0.2, 0.25) is 5.02 Å². The van der Waals surface area contributed by atoms with Crippen molar-refractivity contribution in [1.29, 1.82) is 0 Å². The minimum atomic E-state index is -4.73. The topological polar surface area (TPSA) is 118 Å². The zero-order valence-electron chi connectivity index (χ0n) is 27.7. The molecule has 1 aliphatic carbocycles. The molecule has 0 aliphatic heterocycles. The van der Waals surface area contributed by atoms with Crippen molar-refractivity contribution >= 4 is 11.6 Å². The maximum atomic E-state index is 14.3. The Morgan fingerprint density at radius 2 is 1.63 bits per heavy atom. The monoisotopic (exact) mass is 700 g/mol. The van der Waals surface area contributed by atoms with E-state index in [1.165, 1.54) is 7.11 Å². The van der Waals surface area contributed by atoms with Gasteiger partial charge in [-0.1, -0.05) is 41.9 Å².